The van der Waals surface area contributed by atoms with E-state index in [0.717, 1.165) is 0 Å². The van der Waals surface area contributed by atoms with Crippen LogP contribution in [0, 0.1) is 0 Å². The Morgan fingerprint density at radius 2 is 1.50 bits per heavy atom. The summed E-state index contributed by atoms with van der Waals surface area (Å²) in [6.45, 7) is 0. The van der Waals surface area contributed by atoms with Crippen LogP contribution < -0.4 is 0 Å². The number of carbonyl (C=O) groups is 3. The van der Waals surface area contributed by atoms with Gasteiger partial charge in [-0.3, -0.25) is 9.59 Å². The van der Waals surface area contributed by atoms with Crippen molar-refractivity contribution in [3.8, 4) is 0 Å². The highest BCUT2D eigenvalue weighted by Crippen LogP contribution is 2.32. The number of carboxylic acids is 1. The lowest BCUT2D eigenvalue weighted by atomic mass is 9.83. The first kappa shape index (κ1) is 12.6. The fourth-order valence-corrected chi connectivity index (χ4v) is 2.73. The third-order valence-electron chi connectivity index (χ3n) is 3.30. The van der Waals surface area contributed by atoms with Gasteiger partial charge in [0.2, 0.25) is 0 Å². The molecule has 5 heteroatoms. The van der Waals surface area contributed by atoms with E-state index in [0.29, 0.717) is 5.56 Å². The molecule has 0 radical (unpaired) electrons. The van der Waals surface area contributed by atoms with Crippen LogP contribution in [0.4, 0.5) is 0 Å². The molecule has 0 bridgehead atoms. The standard InChI is InChI=1S/C15H8O4S/c16-12-7-3-1-2-4-8(7)13(17)11-9(12)5-6-10(14(11)20)15(18)19/h1-6,20H,(H,18,19). The highest BCUT2D eigenvalue weighted by atomic mass is 32.1. The smallest absolute Gasteiger partial charge is 0.336 e. The van der Waals surface area contributed by atoms with Gasteiger partial charge in [0.15, 0.2) is 11.6 Å². The van der Waals surface area contributed by atoms with E-state index >= 15 is 0 Å². The molecular weight excluding hydrogens is 276 g/mol. The fourth-order valence-electron chi connectivity index (χ4n) is 2.34. The molecule has 2 aromatic rings. The minimum atomic E-state index is -1.18. The number of aromatic carboxylic acids is 1. The van der Waals surface area contributed by atoms with Crippen LogP contribution in [0.15, 0.2) is 41.3 Å². The molecular formula is C15H8O4S. The molecule has 0 unspecified atom stereocenters. The van der Waals surface area contributed by atoms with Gasteiger partial charge in [0.1, 0.15) is 0 Å². The zero-order valence-corrected chi connectivity index (χ0v) is 11.0. The molecule has 0 fully saturated rings. The van der Waals surface area contributed by atoms with Crippen LogP contribution >= 0.6 is 12.6 Å². The largest absolute Gasteiger partial charge is 0.478 e. The SMILES string of the molecule is O=C(O)c1ccc2c(c1S)C(=O)c1ccccc1C2=O. The summed E-state index contributed by atoms with van der Waals surface area (Å²) in [6, 6.07) is 9.15. The van der Waals surface area contributed by atoms with E-state index in [1.165, 1.54) is 12.1 Å². The van der Waals surface area contributed by atoms with Crippen LogP contribution in [0.1, 0.15) is 42.2 Å². The number of hydrogen-bond acceptors (Lipinski definition) is 4. The molecule has 0 atom stereocenters. The van der Waals surface area contributed by atoms with Crippen LogP contribution in [0.2, 0.25) is 0 Å². The van der Waals surface area contributed by atoms with E-state index in [4.69, 9.17) is 5.11 Å². The van der Waals surface area contributed by atoms with Gasteiger partial charge < -0.3 is 5.11 Å². The van der Waals surface area contributed by atoms with Gasteiger partial charge in [0.25, 0.3) is 0 Å². The van der Waals surface area contributed by atoms with E-state index < -0.39 is 5.97 Å². The van der Waals surface area contributed by atoms with E-state index in [1.807, 2.05) is 0 Å². The number of carbonyl (C=O) groups excluding carboxylic acids is 2. The van der Waals surface area contributed by atoms with Gasteiger partial charge in [0.05, 0.1) is 5.56 Å². The molecule has 20 heavy (non-hydrogen) atoms. The van der Waals surface area contributed by atoms with Gasteiger partial charge in [-0.05, 0) is 12.1 Å². The van der Waals surface area contributed by atoms with Gasteiger partial charge in [-0.25, -0.2) is 4.79 Å². The van der Waals surface area contributed by atoms with Gasteiger partial charge in [-0.15, -0.1) is 12.6 Å². The number of hydrogen-bond donors (Lipinski definition) is 2. The summed E-state index contributed by atoms with van der Waals surface area (Å²) in [6.07, 6.45) is 0. The number of fused-ring (bicyclic) bond motifs is 2. The average Bonchev–Trinajstić information content (AvgIpc) is 2.44. The van der Waals surface area contributed by atoms with Crippen molar-refractivity contribution in [3.63, 3.8) is 0 Å². The number of rotatable bonds is 1. The number of benzene rings is 2. The fraction of sp³-hybridized carbons (Fsp3) is 0. The molecule has 0 heterocycles. The minimum absolute atomic E-state index is 0.0304. The van der Waals surface area contributed by atoms with E-state index in [1.54, 1.807) is 24.3 Å². The van der Waals surface area contributed by atoms with Crippen LogP contribution in [0.5, 0.6) is 0 Å². The van der Waals surface area contributed by atoms with Gasteiger partial charge in [-0.1, -0.05) is 24.3 Å². The van der Waals surface area contributed by atoms with Crippen molar-refractivity contribution in [2.75, 3.05) is 0 Å². The van der Waals surface area contributed by atoms with Crippen molar-refractivity contribution in [2.45, 2.75) is 4.90 Å². The summed E-state index contributed by atoms with van der Waals surface area (Å²) >= 11 is 4.13. The number of carboxylic acid groups (broad SMARTS) is 1. The first-order valence-electron chi connectivity index (χ1n) is 5.80. The average molecular weight is 284 g/mol. The molecule has 98 valence electrons. The lowest BCUT2D eigenvalue weighted by molar-refractivity contribution is 0.0692. The molecule has 0 amide bonds. The number of thiol groups is 1. The molecule has 0 saturated carbocycles. The molecule has 0 saturated heterocycles. The second kappa shape index (κ2) is 4.31. The normalized spacial score (nSPS) is 12.8. The Hall–Kier alpha value is -2.40. The summed E-state index contributed by atoms with van der Waals surface area (Å²) in [5.41, 5.74) is 0.789. The Balaban J connectivity index is 2.34. The summed E-state index contributed by atoms with van der Waals surface area (Å²) in [7, 11) is 0. The van der Waals surface area contributed by atoms with E-state index in [2.05, 4.69) is 12.6 Å². The maximum absolute atomic E-state index is 12.5. The zero-order chi connectivity index (χ0) is 14.4. The van der Waals surface area contributed by atoms with E-state index in [-0.39, 0.29) is 38.7 Å². The highest BCUT2D eigenvalue weighted by molar-refractivity contribution is 7.80. The van der Waals surface area contributed by atoms with Crippen LogP contribution in [-0.4, -0.2) is 22.6 Å². The molecule has 0 spiro atoms. The van der Waals surface area contributed by atoms with Crippen molar-refractivity contribution < 1.29 is 19.5 Å². The monoisotopic (exact) mass is 284 g/mol. The number of ketones is 2. The zero-order valence-electron chi connectivity index (χ0n) is 10.1. The second-order valence-corrected chi connectivity index (χ2v) is 4.84. The predicted octanol–water partition coefficient (Wildman–Crippen LogP) is 2.45. The molecule has 2 aromatic carbocycles. The van der Waals surface area contributed by atoms with Gasteiger partial charge in [-0.2, -0.15) is 0 Å². The molecule has 0 aliphatic heterocycles. The Morgan fingerprint density at radius 1 is 0.900 bits per heavy atom. The topological polar surface area (TPSA) is 71.4 Å². The molecule has 4 nitrogen and oxygen atoms in total. The van der Waals surface area contributed by atoms with Crippen molar-refractivity contribution in [1.29, 1.82) is 0 Å². The Kier molecular flexibility index (Phi) is 2.72. The summed E-state index contributed by atoms with van der Waals surface area (Å²) in [5.74, 6) is -1.84. The van der Waals surface area contributed by atoms with Gasteiger partial charge >= 0.3 is 5.97 Å². The summed E-state index contributed by atoms with van der Waals surface area (Å²) < 4.78 is 0. The molecule has 1 aliphatic carbocycles. The first-order valence-corrected chi connectivity index (χ1v) is 6.24. The summed E-state index contributed by atoms with van der Waals surface area (Å²) in [4.78, 5) is 35.9. The highest BCUT2D eigenvalue weighted by Gasteiger charge is 2.32. The van der Waals surface area contributed by atoms with Crippen LogP contribution in [0.25, 0.3) is 0 Å². The van der Waals surface area contributed by atoms with Crippen molar-refractivity contribution in [1.82, 2.24) is 0 Å². The van der Waals surface area contributed by atoms with Gasteiger partial charge in [0, 0.05) is 27.1 Å². The first-order chi connectivity index (χ1) is 9.52. The van der Waals surface area contributed by atoms with Crippen LogP contribution in [-0.2, 0) is 0 Å². The van der Waals surface area contributed by atoms with Crippen molar-refractivity contribution >= 4 is 30.2 Å². The molecule has 1 aliphatic rings. The molecule has 3 rings (SSSR count). The molecule has 1 N–H and O–H groups in total. The summed E-state index contributed by atoms with van der Waals surface area (Å²) in [5, 5.41) is 9.07. The Labute approximate surface area is 119 Å². The predicted molar refractivity (Wildman–Crippen MR) is 74.0 cm³/mol. The van der Waals surface area contributed by atoms with Crippen LogP contribution in [0.3, 0.4) is 0 Å². The van der Waals surface area contributed by atoms with E-state index in [9.17, 15) is 14.4 Å². The third-order valence-corrected chi connectivity index (χ3v) is 3.76. The molecule has 0 aromatic heterocycles. The Morgan fingerprint density at radius 3 is 2.10 bits per heavy atom. The lowest BCUT2D eigenvalue weighted by Gasteiger charge is -2.19. The minimum Gasteiger partial charge on any atom is -0.478 e. The Bertz CT molecular complexity index is 792. The maximum Gasteiger partial charge on any atom is 0.336 e. The quantitative estimate of drug-likeness (QED) is 0.673. The maximum atomic E-state index is 12.5. The lowest BCUT2D eigenvalue weighted by Crippen LogP contribution is -2.22. The van der Waals surface area contributed by atoms with Crippen molar-refractivity contribution in [2.24, 2.45) is 0 Å². The van der Waals surface area contributed by atoms with Crippen molar-refractivity contribution in [3.05, 3.63) is 64.2 Å². The third kappa shape index (κ3) is 1.60. The second-order valence-electron chi connectivity index (χ2n) is 4.39.